The van der Waals surface area contributed by atoms with Gasteiger partial charge in [0.2, 0.25) is 0 Å². The van der Waals surface area contributed by atoms with Gasteiger partial charge >= 0.3 is 6.36 Å². The number of pyridine rings is 1. The van der Waals surface area contributed by atoms with E-state index in [0.29, 0.717) is 0 Å². The van der Waals surface area contributed by atoms with Crippen molar-refractivity contribution in [2.24, 2.45) is 0 Å². The highest BCUT2D eigenvalue weighted by molar-refractivity contribution is 9.10. The summed E-state index contributed by atoms with van der Waals surface area (Å²) in [6.45, 7) is 0. The van der Waals surface area contributed by atoms with E-state index in [2.05, 4.69) is 41.6 Å². The molecule has 0 aliphatic rings. The maximum absolute atomic E-state index is 12.5. The molecule has 0 atom stereocenters. The molecular formula is C8H4Br2F5NO. The number of hydrogen-bond acceptors (Lipinski definition) is 2. The lowest BCUT2D eigenvalue weighted by Crippen LogP contribution is -2.19. The second-order valence-electron chi connectivity index (χ2n) is 2.79. The van der Waals surface area contributed by atoms with Crippen molar-refractivity contribution in [2.45, 2.75) is 18.1 Å². The van der Waals surface area contributed by atoms with Gasteiger partial charge in [-0.15, -0.1) is 13.2 Å². The van der Waals surface area contributed by atoms with E-state index in [4.69, 9.17) is 0 Å². The largest absolute Gasteiger partial charge is 0.573 e. The van der Waals surface area contributed by atoms with E-state index in [1.165, 1.54) is 0 Å². The van der Waals surface area contributed by atoms with E-state index in [1.807, 2.05) is 0 Å². The normalized spacial score (nSPS) is 12.0. The first-order valence-corrected chi connectivity index (χ1v) is 5.95. The molecule has 1 aromatic heterocycles. The van der Waals surface area contributed by atoms with Crippen molar-refractivity contribution >= 4 is 31.9 Å². The average Bonchev–Trinajstić information content (AvgIpc) is 2.18. The molecule has 0 saturated heterocycles. The topological polar surface area (TPSA) is 22.1 Å². The lowest BCUT2D eigenvalue weighted by molar-refractivity contribution is -0.275. The zero-order chi connectivity index (χ0) is 13.2. The third-order valence-corrected chi connectivity index (χ3v) is 2.84. The van der Waals surface area contributed by atoms with Crippen molar-refractivity contribution < 1.29 is 26.7 Å². The Morgan fingerprint density at radius 3 is 2.35 bits per heavy atom. The average molecular weight is 385 g/mol. The fourth-order valence-electron chi connectivity index (χ4n) is 1.06. The van der Waals surface area contributed by atoms with Crippen LogP contribution in [0.4, 0.5) is 22.0 Å². The van der Waals surface area contributed by atoms with Gasteiger partial charge in [-0.05, 0) is 15.9 Å². The molecular weight excluding hydrogens is 381 g/mol. The molecule has 1 rings (SSSR count). The van der Waals surface area contributed by atoms with E-state index >= 15 is 0 Å². The molecule has 9 heteroatoms. The van der Waals surface area contributed by atoms with Crippen molar-refractivity contribution in [2.75, 3.05) is 0 Å². The van der Waals surface area contributed by atoms with Crippen molar-refractivity contribution in [1.82, 2.24) is 4.98 Å². The predicted molar refractivity (Wildman–Crippen MR) is 56.2 cm³/mol. The summed E-state index contributed by atoms with van der Waals surface area (Å²) in [5.74, 6) is -0.757. The highest BCUT2D eigenvalue weighted by atomic mass is 79.9. The number of nitrogens with zero attached hydrogens (tertiary/aromatic N) is 1. The van der Waals surface area contributed by atoms with Crippen LogP contribution in [0.25, 0.3) is 0 Å². The Hall–Kier alpha value is -0.440. The molecule has 0 radical (unpaired) electrons. The molecule has 96 valence electrons. The summed E-state index contributed by atoms with van der Waals surface area (Å²) in [7, 11) is 0. The smallest absolute Gasteiger partial charge is 0.403 e. The van der Waals surface area contributed by atoms with Gasteiger partial charge in [-0.25, -0.2) is 13.8 Å². The van der Waals surface area contributed by atoms with Gasteiger partial charge in [0.05, 0.1) is 0 Å². The first-order valence-electron chi connectivity index (χ1n) is 4.03. The molecule has 0 fully saturated rings. The Bertz CT molecular complexity index is 410. The highest BCUT2D eigenvalue weighted by Crippen LogP contribution is 2.38. The van der Waals surface area contributed by atoms with Crippen LogP contribution in [0.2, 0.25) is 0 Å². The predicted octanol–water partition coefficient (Wildman–Crippen LogP) is 4.58. The SMILES string of the molecule is FC(F)c1cnc(Br)c(OC(F)(F)F)c1CBr. The first kappa shape index (κ1) is 14.6. The lowest BCUT2D eigenvalue weighted by atomic mass is 10.1. The van der Waals surface area contributed by atoms with Crippen molar-refractivity contribution in [3.63, 3.8) is 0 Å². The van der Waals surface area contributed by atoms with Gasteiger partial charge < -0.3 is 4.74 Å². The van der Waals surface area contributed by atoms with Crippen LogP contribution in [-0.2, 0) is 5.33 Å². The lowest BCUT2D eigenvalue weighted by Gasteiger charge is -2.15. The van der Waals surface area contributed by atoms with Crippen LogP contribution in [0, 0.1) is 0 Å². The summed E-state index contributed by atoms with van der Waals surface area (Å²) in [5, 5.41) is -0.209. The number of alkyl halides is 6. The fourth-order valence-corrected chi connectivity index (χ4v) is 2.06. The second-order valence-corrected chi connectivity index (χ2v) is 4.11. The first-order chi connectivity index (χ1) is 7.76. The Kier molecular flexibility index (Phi) is 4.70. The maximum Gasteiger partial charge on any atom is 0.573 e. The standard InChI is InChI=1S/C8H4Br2F5NO/c9-1-3-4(7(11)12)2-16-6(10)5(3)17-8(13,14)15/h2,7H,1H2. The molecule has 0 saturated carbocycles. The van der Waals surface area contributed by atoms with Crippen molar-refractivity contribution in [3.05, 3.63) is 21.9 Å². The fraction of sp³-hybridized carbons (Fsp3) is 0.375. The van der Waals surface area contributed by atoms with Gasteiger partial charge in [0.25, 0.3) is 6.43 Å². The van der Waals surface area contributed by atoms with Gasteiger partial charge in [-0.1, -0.05) is 15.9 Å². The molecule has 1 heterocycles. The van der Waals surface area contributed by atoms with Crippen LogP contribution in [0.5, 0.6) is 5.75 Å². The highest BCUT2D eigenvalue weighted by Gasteiger charge is 2.34. The summed E-state index contributed by atoms with van der Waals surface area (Å²) in [6.07, 6.45) is -7.10. The van der Waals surface area contributed by atoms with Crippen LogP contribution >= 0.6 is 31.9 Å². The molecule has 0 aliphatic carbocycles. The Balaban J connectivity index is 3.30. The molecule has 0 bridgehead atoms. The summed E-state index contributed by atoms with van der Waals surface area (Å²) in [5.41, 5.74) is -0.900. The number of aromatic nitrogens is 1. The molecule has 0 N–H and O–H groups in total. The number of hydrogen-bond donors (Lipinski definition) is 0. The number of ether oxygens (including phenoxy) is 1. The molecule has 0 amide bonds. The zero-order valence-electron chi connectivity index (χ0n) is 7.86. The summed E-state index contributed by atoms with van der Waals surface area (Å²) in [4.78, 5) is 3.38. The quantitative estimate of drug-likeness (QED) is 0.432. The summed E-state index contributed by atoms with van der Waals surface area (Å²) in [6, 6.07) is 0. The van der Waals surface area contributed by atoms with E-state index in [0.717, 1.165) is 6.20 Å². The molecule has 0 aromatic carbocycles. The van der Waals surface area contributed by atoms with E-state index in [-0.39, 0.29) is 15.5 Å². The van der Waals surface area contributed by atoms with Gasteiger partial charge in [-0.2, -0.15) is 0 Å². The maximum atomic E-state index is 12.5. The third-order valence-electron chi connectivity index (χ3n) is 1.71. The van der Waals surface area contributed by atoms with Crippen LogP contribution in [0.15, 0.2) is 10.8 Å². The molecule has 0 unspecified atom stereocenters. The Morgan fingerprint density at radius 2 is 1.94 bits per heavy atom. The molecule has 17 heavy (non-hydrogen) atoms. The summed E-state index contributed by atoms with van der Waals surface area (Å²) < 4.78 is 64.8. The third kappa shape index (κ3) is 3.77. The van der Waals surface area contributed by atoms with Gasteiger partial charge in [0, 0.05) is 22.7 Å². The molecule has 2 nitrogen and oxygen atoms in total. The van der Waals surface area contributed by atoms with Gasteiger partial charge in [0.15, 0.2) is 5.75 Å². The van der Waals surface area contributed by atoms with Crippen LogP contribution < -0.4 is 4.74 Å². The van der Waals surface area contributed by atoms with Crippen LogP contribution in [0.1, 0.15) is 17.6 Å². The number of halogens is 7. The minimum Gasteiger partial charge on any atom is -0.403 e. The second kappa shape index (κ2) is 5.47. The minimum atomic E-state index is -4.97. The van der Waals surface area contributed by atoms with Crippen molar-refractivity contribution in [3.8, 4) is 5.75 Å². The van der Waals surface area contributed by atoms with Crippen LogP contribution in [0.3, 0.4) is 0 Å². The van der Waals surface area contributed by atoms with E-state index < -0.39 is 24.1 Å². The Labute approximate surface area is 109 Å². The van der Waals surface area contributed by atoms with Gasteiger partial charge in [-0.3, -0.25) is 0 Å². The molecule has 0 spiro atoms. The molecule has 1 aromatic rings. The summed E-state index contributed by atoms with van der Waals surface area (Å²) >= 11 is 5.56. The zero-order valence-corrected chi connectivity index (χ0v) is 11.0. The minimum absolute atomic E-state index is 0.209. The van der Waals surface area contributed by atoms with Crippen LogP contribution in [-0.4, -0.2) is 11.3 Å². The molecule has 0 aliphatic heterocycles. The monoisotopic (exact) mass is 383 g/mol. The van der Waals surface area contributed by atoms with Gasteiger partial charge in [0.1, 0.15) is 4.60 Å². The number of rotatable bonds is 3. The van der Waals surface area contributed by atoms with E-state index in [9.17, 15) is 22.0 Å². The Morgan fingerprint density at radius 1 is 1.35 bits per heavy atom. The van der Waals surface area contributed by atoms with Crippen molar-refractivity contribution in [1.29, 1.82) is 0 Å². The van der Waals surface area contributed by atoms with E-state index in [1.54, 1.807) is 0 Å².